The van der Waals surface area contributed by atoms with Crippen LogP contribution in [-0.4, -0.2) is 93.9 Å². The van der Waals surface area contributed by atoms with E-state index < -0.39 is 30.2 Å². The van der Waals surface area contributed by atoms with Gasteiger partial charge in [-0.25, -0.2) is 4.79 Å². The van der Waals surface area contributed by atoms with E-state index in [2.05, 4.69) is 16.3 Å². The monoisotopic (exact) mass is 552 g/mol. The number of nitrogens with zero attached hydrogens (tertiary/aromatic N) is 3. The van der Waals surface area contributed by atoms with Crippen LogP contribution in [0.2, 0.25) is 0 Å². The molecule has 2 amide bonds. The minimum absolute atomic E-state index is 0.00690. The van der Waals surface area contributed by atoms with Crippen molar-refractivity contribution in [1.82, 2.24) is 15.1 Å². The number of nitriles is 1. The molecule has 3 aliphatic rings. The highest BCUT2D eigenvalue weighted by Crippen LogP contribution is 2.47. The number of amides is 2. The van der Waals surface area contributed by atoms with Gasteiger partial charge in [-0.15, -0.1) is 0 Å². The molecule has 0 radical (unpaired) electrons. The summed E-state index contributed by atoms with van der Waals surface area (Å²) in [5.41, 5.74) is -0.293. The number of nitrogens with one attached hydrogen (secondary N) is 1. The standard InChI is InChI=1S/C29H41BN4O6/c1-20-17-33(18-21(2)40-20)28(3,4)15-23(16-31)26(35)34-24-10-12-29(34,13-11-24)19-39-27(36)32-25(30(37)38)14-22-8-6-5-7-9-22/h5-9,15,20-21,24-25,37-38H,10-14,17-19H2,1-4H3,(H,32,36)/t20-,21-,24?,25+,29?/m1/s1. The maximum Gasteiger partial charge on any atom is 0.475 e. The Hall–Kier alpha value is -2.91. The summed E-state index contributed by atoms with van der Waals surface area (Å²) in [6.45, 7) is 9.43. The first-order valence-corrected chi connectivity index (χ1v) is 14.1. The van der Waals surface area contributed by atoms with E-state index in [4.69, 9.17) is 9.47 Å². The lowest BCUT2D eigenvalue weighted by Crippen LogP contribution is -2.54. The summed E-state index contributed by atoms with van der Waals surface area (Å²) >= 11 is 0. The zero-order valence-electron chi connectivity index (χ0n) is 23.9. The number of ether oxygens (including phenoxy) is 2. The number of carbonyl (C=O) groups excluding carboxylic acids is 2. The van der Waals surface area contributed by atoms with Crippen LogP contribution in [0.4, 0.5) is 4.79 Å². The second-order valence-electron chi connectivity index (χ2n) is 12.0. The highest BCUT2D eigenvalue weighted by atomic mass is 16.6. The van der Waals surface area contributed by atoms with E-state index in [0.29, 0.717) is 25.9 Å². The van der Waals surface area contributed by atoms with E-state index in [1.54, 1.807) is 11.0 Å². The number of hydrogen-bond donors (Lipinski definition) is 3. The van der Waals surface area contributed by atoms with Crippen LogP contribution in [-0.2, 0) is 20.7 Å². The van der Waals surface area contributed by atoms with Crippen LogP contribution in [0.15, 0.2) is 42.0 Å². The zero-order chi connectivity index (χ0) is 29.1. The molecule has 40 heavy (non-hydrogen) atoms. The third kappa shape index (κ3) is 6.69. The highest BCUT2D eigenvalue weighted by Gasteiger charge is 2.55. The predicted molar refractivity (Wildman–Crippen MR) is 150 cm³/mol. The van der Waals surface area contributed by atoms with Gasteiger partial charge in [0, 0.05) is 24.7 Å². The van der Waals surface area contributed by atoms with Crippen molar-refractivity contribution in [1.29, 1.82) is 5.26 Å². The summed E-state index contributed by atoms with van der Waals surface area (Å²) < 4.78 is 11.4. The Bertz CT molecular complexity index is 1120. The summed E-state index contributed by atoms with van der Waals surface area (Å²) in [6.07, 6.45) is 4.22. The second-order valence-corrected chi connectivity index (χ2v) is 12.0. The average Bonchev–Trinajstić information content (AvgIpc) is 3.45. The second kappa shape index (κ2) is 12.3. The average molecular weight is 552 g/mol. The molecule has 4 rings (SSSR count). The predicted octanol–water partition coefficient (Wildman–Crippen LogP) is 2.20. The number of carbonyl (C=O) groups is 2. The van der Waals surface area contributed by atoms with Crippen LogP contribution in [0, 0.1) is 11.3 Å². The first kappa shape index (κ1) is 30.1. The molecular weight excluding hydrogens is 511 g/mol. The third-order valence-electron chi connectivity index (χ3n) is 8.50. The van der Waals surface area contributed by atoms with Crippen molar-refractivity contribution in [2.24, 2.45) is 0 Å². The fourth-order valence-corrected chi connectivity index (χ4v) is 6.48. The number of rotatable bonds is 9. The molecule has 3 fully saturated rings. The molecule has 3 atom stereocenters. The third-order valence-corrected chi connectivity index (χ3v) is 8.50. The molecule has 3 aliphatic heterocycles. The number of hydrogen-bond acceptors (Lipinski definition) is 8. The van der Waals surface area contributed by atoms with Gasteiger partial charge in [0.2, 0.25) is 0 Å². The quantitative estimate of drug-likeness (QED) is 0.241. The van der Waals surface area contributed by atoms with Gasteiger partial charge in [-0.05, 0) is 71.4 Å². The Balaban J connectivity index is 1.43. The van der Waals surface area contributed by atoms with Crippen molar-refractivity contribution < 1.29 is 29.1 Å². The van der Waals surface area contributed by atoms with Crippen LogP contribution < -0.4 is 5.32 Å². The summed E-state index contributed by atoms with van der Waals surface area (Å²) in [6, 6.07) is 11.3. The Kier molecular flexibility index (Phi) is 9.25. The molecule has 11 heteroatoms. The van der Waals surface area contributed by atoms with Crippen LogP contribution in [0.5, 0.6) is 0 Å². The van der Waals surface area contributed by atoms with Gasteiger partial charge in [-0.1, -0.05) is 30.3 Å². The van der Waals surface area contributed by atoms with Gasteiger partial charge < -0.3 is 29.7 Å². The lowest BCUT2D eigenvalue weighted by Gasteiger charge is -2.44. The van der Waals surface area contributed by atoms with Gasteiger partial charge in [0.05, 0.1) is 23.7 Å². The van der Waals surface area contributed by atoms with E-state index >= 15 is 0 Å². The minimum Gasteiger partial charge on any atom is -0.447 e. The molecule has 0 unspecified atom stereocenters. The SMILES string of the molecule is C[C@@H]1CN(C(C)(C)C=C(C#N)C(=O)N2C3CCC2(COC(=O)N[C@@H](Cc2ccccc2)B(O)O)CC3)C[C@@H](C)O1. The van der Waals surface area contributed by atoms with Gasteiger partial charge in [-0.3, -0.25) is 9.69 Å². The van der Waals surface area contributed by atoms with Crippen LogP contribution in [0.1, 0.15) is 58.9 Å². The molecule has 0 aliphatic carbocycles. The number of morpholine rings is 1. The Labute approximate surface area is 237 Å². The number of benzene rings is 1. The van der Waals surface area contributed by atoms with Crippen LogP contribution in [0.25, 0.3) is 0 Å². The Morgan fingerprint density at radius 2 is 1.85 bits per heavy atom. The summed E-state index contributed by atoms with van der Waals surface area (Å²) in [4.78, 5) is 30.5. The lowest BCUT2D eigenvalue weighted by molar-refractivity contribution is -0.132. The van der Waals surface area contributed by atoms with Crippen molar-refractivity contribution in [3.8, 4) is 6.07 Å². The summed E-state index contributed by atoms with van der Waals surface area (Å²) in [5.74, 6) is -1.28. The maximum atomic E-state index is 13.8. The highest BCUT2D eigenvalue weighted by molar-refractivity contribution is 6.43. The molecule has 0 aromatic heterocycles. The van der Waals surface area contributed by atoms with Crippen molar-refractivity contribution >= 4 is 19.1 Å². The van der Waals surface area contributed by atoms with Gasteiger partial charge in [0.15, 0.2) is 0 Å². The number of fused-ring (bicyclic) bond motifs is 2. The zero-order valence-corrected chi connectivity index (χ0v) is 23.9. The molecule has 3 saturated heterocycles. The van der Waals surface area contributed by atoms with E-state index in [0.717, 1.165) is 18.4 Å². The van der Waals surface area contributed by atoms with Crippen molar-refractivity contribution in [3.05, 3.63) is 47.5 Å². The van der Waals surface area contributed by atoms with E-state index in [1.165, 1.54) is 0 Å². The molecule has 0 spiro atoms. The molecule has 3 N–H and O–H groups in total. The molecule has 10 nitrogen and oxygen atoms in total. The Morgan fingerprint density at radius 1 is 1.23 bits per heavy atom. The molecule has 2 bridgehead atoms. The van der Waals surface area contributed by atoms with E-state index in [-0.39, 0.29) is 42.8 Å². The van der Waals surface area contributed by atoms with E-state index in [1.807, 2.05) is 58.0 Å². The fraction of sp³-hybridized carbons (Fsp3) is 0.621. The first-order chi connectivity index (χ1) is 18.9. The summed E-state index contributed by atoms with van der Waals surface area (Å²) in [5, 5.41) is 32.2. The van der Waals surface area contributed by atoms with Crippen molar-refractivity contribution in [2.75, 3.05) is 19.7 Å². The molecule has 1 aromatic rings. The molecule has 0 saturated carbocycles. The molecule has 1 aromatic carbocycles. The first-order valence-electron chi connectivity index (χ1n) is 14.1. The topological polar surface area (TPSA) is 135 Å². The lowest BCUT2D eigenvalue weighted by atomic mass is 9.76. The van der Waals surface area contributed by atoms with Gasteiger partial charge >= 0.3 is 13.2 Å². The number of alkyl carbamates (subject to hydrolysis) is 1. The molecule has 216 valence electrons. The van der Waals surface area contributed by atoms with Gasteiger partial charge in [0.25, 0.3) is 5.91 Å². The summed E-state index contributed by atoms with van der Waals surface area (Å²) in [7, 11) is -1.77. The van der Waals surface area contributed by atoms with Crippen LogP contribution >= 0.6 is 0 Å². The molecule has 3 heterocycles. The van der Waals surface area contributed by atoms with Crippen molar-refractivity contribution in [3.63, 3.8) is 0 Å². The van der Waals surface area contributed by atoms with E-state index in [9.17, 15) is 24.9 Å². The largest absolute Gasteiger partial charge is 0.475 e. The molecular formula is C29H41BN4O6. The Morgan fingerprint density at radius 3 is 2.42 bits per heavy atom. The van der Waals surface area contributed by atoms with Crippen LogP contribution in [0.3, 0.4) is 0 Å². The van der Waals surface area contributed by atoms with Crippen molar-refractivity contribution in [2.45, 2.75) is 95.1 Å². The normalized spacial score (nSPS) is 27.7. The maximum absolute atomic E-state index is 13.8. The fourth-order valence-electron chi connectivity index (χ4n) is 6.48. The minimum atomic E-state index is -1.77. The van der Waals surface area contributed by atoms with Gasteiger partial charge in [0.1, 0.15) is 18.2 Å². The smallest absolute Gasteiger partial charge is 0.447 e. The van der Waals surface area contributed by atoms with Gasteiger partial charge in [-0.2, -0.15) is 5.26 Å².